The molecular formula is C22H25N3O5. The minimum Gasteiger partial charge on any atom is -0.462 e. The number of aliphatic hydroxyl groups is 1. The second kappa shape index (κ2) is 7.84. The number of hydrogen-bond acceptors (Lipinski definition) is 6. The van der Waals surface area contributed by atoms with Gasteiger partial charge in [0.25, 0.3) is 5.56 Å². The number of aromatic nitrogens is 3. The molecule has 8 nitrogen and oxygen atoms in total. The number of hydrogen-bond donors (Lipinski definition) is 2. The van der Waals surface area contributed by atoms with Crippen LogP contribution in [0.25, 0.3) is 10.9 Å². The van der Waals surface area contributed by atoms with E-state index in [0.717, 1.165) is 0 Å². The number of aromatic amines is 1. The molecule has 0 amide bonds. The molecular weight excluding hydrogens is 386 g/mol. The van der Waals surface area contributed by atoms with E-state index in [9.17, 15) is 14.7 Å². The number of carbonyl (C=O) groups excluding carboxylic acids is 1. The van der Waals surface area contributed by atoms with Gasteiger partial charge in [0.15, 0.2) is 5.60 Å². The van der Waals surface area contributed by atoms with Crippen LogP contribution in [0.2, 0.25) is 0 Å². The van der Waals surface area contributed by atoms with Gasteiger partial charge >= 0.3 is 5.97 Å². The average molecular weight is 411 g/mol. The van der Waals surface area contributed by atoms with Crippen molar-refractivity contribution in [3.63, 3.8) is 0 Å². The first-order chi connectivity index (χ1) is 14.0. The molecule has 0 saturated carbocycles. The van der Waals surface area contributed by atoms with Crippen molar-refractivity contribution in [3.8, 4) is 11.8 Å². The van der Waals surface area contributed by atoms with Crippen molar-refractivity contribution in [1.29, 1.82) is 0 Å². The lowest BCUT2D eigenvalue weighted by molar-refractivity contribution is 0.0460. The minimum atomic E-state index is -1.58. The first kappa shape index (κ1) is 21.4. The van der Waals surface area contributed by atoms with Crippen molar-refractivity contribution < 1.29 is 19.2 Å². The van der Waals surface area contributed by atoms with Crippen molar-refractivity contribution in [2.45, 2.75) is 40.2 Å². The molecule has 0 aromatic carbocycles. The maximum Gasteiger partial charge on any atom is 0.340 e. The number of aryl methyl sites for hydroxylation is 3. The zero-order valence-electron chi connectivity index (χ0n) is 17.9. The Hall–Kier alpha value is -3.31. The van der Waals surface area contributed by atoms with Gasteiger partial charge in [-0.15, -0.1) is 0 Å². The maximum atomic E-state index is 12.7. The van der Waals surface area contributed by atoms with Crippen molar-refractivity contribution in [2.24, 2.45) is 13.0 Å². The second-order valence-corrected chi connectivity index (χ2v) is 7.97. The molecule has 1 atom stereocenters. The molecule has 1 unspecified atom stereocenters. The third-order valence-electron chi connectivity index (χ3n) is 4.63. The number of H-pyrrole nitrogens is 1. The highest BCUT2D eigenvalue weighted by Crippen LogP contribution is 2.25. The second-order valence-electron chi connectivity index (χ2n) is 7.97. The highest BCUT2D eigenvalue weighted by Gasteiger charge is 2.26. The normalized spacial score (nSPS) is 13.2. The predicted octanol–water partition coefficient (Wildman–Crippen LogP) is 2.54. The van der Waals surface area contributed by atoms with Gasteiger partial charge in [-0.05, 0) is 26.7 Å². The number of nitrogens with zero attached hydrogens (tertiary/aromatic N) is 2. The molecule has 0 saturated heterocycles. The Labute approximate surface area is 173 Å². The SMILES string of the molecule is Cc1cc(C(C)(O)C#Cc2cn(C)c(=O)c3[nH]c(C)c(C(=O)OCC(C)C)c23)no1. The van der Waals surface area contributed by atoms with E-state index in [0.29, 0.717) is 22.4 Å². The Balaban J connectivity index is 2.17. The molecule has 0 aliphatic heterocycles. The number of rotatable bonds is 4. The fraction of sp³-hybridized carbons (Fsp3) is 0.409. The first-order valence-electron chi connectivity index (χ1n) is 9.59. The van der Waals surface area contributed by atoms with Gasteiger partial charge in [0.1, 0.15) is 17.0 Å². The zero-order chi connectivity index (χ0) is 22.2. The molecule has 3 rings (SSSR count). The third kappa shape index (κ3) is 4.02. The van der Waals surface area contributed by atoms with Gasteiger partial charge in [0.2, 0.25) is 0 Å². The van der Waals surface area contributed by atoms with E-state index in [1.54, 1.807) is 27.0 Å². The molecule has 3 aromatic rings. The summed E-state index contributed by atoms with van der Waals surface area (Å²) in [4.78, 5) is 28.4. The number of nitrogens with one attached hydrogen (secondary N) is 1. The summed E-state index contributed by atoms with van der Waals surface area (Å²) >= 11 is 0. The van der Waals surface area contributed by atoms with Crippen molar-refractivity contribution >= 4 is 16.9 Å². The molecule has 2 N–H and O–H groups in total. The Bertz CT molecular complexity index is 1230. The van der Waals surface area contributed by atoms with Gasteiger partial charge in [-0.3, -0.25) is 4.79 Å². The monoisotopic (exact) mass is 411 g/mol. The highest BCUT2D eigenvalue weighted by molar-refractivity contribution is 6.07. The van der Waals surface area contributed by atoms with Crippen LogP contribution in [0.3, 0.4) is 0 Å². The fourth-order valence-electron chi connectivity index (χ4n) is 3.06. The van der Waals surface area contributed by atoms with Gasteiger partial charge in [-0.2, -0.15) is 0 Å². The van der Waals surface area contributed by atoms with E-state index < -0.39 is 11.6 Å². The van der Waals surface area contributed by atoms with Crippen LogP contribution in [0.1, 0.15) is 53.8 Å². The standard InChI is InChI=1S/C22H25N3O5/c1-12(2)11-29-21(27)17-14(4)23-19-18(17)15(10-25(6)20(19)26)7-8-22(5,28)16-9-13(3)30-24-16/h9-10,12,23,28H,11H2,1-6H3. The molecule has 158 valence electrons. The first-order valence-corrected chi connectivity index (χ1v) is 9.59. The number of carbonyl (C=O) groups is 1. The summed E-state index contributed by atoms with van der Waals surface area (Å²) in [6.07, 6.45) is 1.54. The van der Waals surface area contributed by atoms with E-state index in [1.807, 2.05) is 13.8 Å². The molecule has 30 heavy (non-hydrogen) atoms. The third-order valence-corrected chi connectivity index (χ3v) is 4.63. The average Bonchev–Trinajstić information content (AvgIpc) is 3.25. The summed E-state index contributed by atoms with van der Waals surface area (Å²) in [5.41, 5.74) is -0.143. The van der Waals surface area contributed by atoms with E-state index in [4.69, 9.17) is 9.26 Å². The molecule has 8 heteroatoms. The minimum absolute atomic E-state index is 0.174. The van der Waals surface area contributed by atoms with Crippen LogP contribution < -0.4 is 5.56 Å². The molecule has 0 fully saturated rings. The summed E-state index contributed by atoms with van der Waals surface area (Å²) in [6.45, 7) is 9.06. The quantitative estimate of drug-likeness (QED) is 0.504. The van der Waals surface area contributed by atoms with E-state index >= 15 is 0 Å². The van der Waals surface area contributed by atoms with Crippen molar-refractivity contribution in [2.75, 3.05) is 6.61 Å². The van der Waals surface area contributed by atoms with Crippen LogP contribution in [-0.4, -0.2) is 32.4 Å². The van der Waals surface area contributed by atoms with Crippen LogP contribution in [0.4, 0.5) is 0 Å². The van der Waals surface area contributed by atoms with Gasteiger partial charge in [0.05, 0.1) is 17.7 Å². The van der Waals surface area contributed by atoms with Crippen LogP contribution in [-0.2, 0) is 17.4 Å². The van der Waals surface area contributed by atoms with E-state index in [-0.39, 0.29) is 34.9 Å². The highest BCUT2D eigenvalue weighted by atomic mass is 16.5. The number of pyridine rings is 1. The molecule has 0 aliphatic rings. The Morgan fingerprint density at radius 3 is 2.73 bits per heavy atom. The van der Waals surface area contributed by atoms with E-state index in [1.165, 1.54) is 17.7 Å². The molecule has 3 heterocycles. The largest absolute Gasteiger partial charge is 0.462 e. The number of esters is 1. The fourth-order valence-corrected chi connectivity index (χ4v) is 3.06. The lowest BCUT2D eigenvalue weighted by Gasteiger charge is -2.12. The molecule has 0 aliphatic carbocycles. The van der Waals surface area contributed by atoms with E-state index in [2.05, 4.69) is 22.0 Å². The van der Waals surface area contributed by atoms with Gasteiger partial charge in [-0.1, -0.05) is 30.8 Å². The van der Waals surface area contributed by atoms with Crippen LogP contribution in [0, 0.1) is 31.6 Å². The summed E-state index contributed by atoms with van der Waals surface area (Å²) in [5.74, 6) is 5.88. The zero-order valence-corrected chi connectivity index (χ0v) is 17.9. The maximum absolute atomic E-state index is 12.7. The van der Waals surface area contributed by atoms with Gasteiger partial charge < -0.3 is 23.9 Å². The summed E-state index contributed by atoms with van der Waals surface area (Å²) in [6, 6.07) is 1.60. The Morgan fingerprint density at radius 1 is 1.43 bits per heavy atom. The summed E-state index contributed by atoms with van der Waals surface area (Å²) in [5, 5.41) is 14.9. The molecule has 0 radical (unpaired) electrons. The van der Waals surface area contributed by atoms with Crippen LogP contribution >= 0.6 is 0 Å². The molecule has 0 bridgehead atoms. The molecule has 3 aromatic heterocycles. The van der Waals surface area contributed by atoms with Gasteiger partial charge in [0, 0.05) is 30.4 Å². The Kier molecular flexibility index (Phi) is 5.59. The van der Waals surface area contributed by atoms with Crippen LogP contribution in [0.15, 0.2) is 21.6 Å². The summed E-state index contributed by atoms with van der Waals surface area (Å²) in [7, 11) is 1.60. The lowest BCUT2D eigenvalue weighted by Crippen LogP contribution is -2.20. The molecule has 0 spiro atoms. The Morgan fingerprint density at radius 2 is 2.13 bits per heavy atom. The predicted molar refractivity (Wildman–Crippen MR) is 111 cm³/mol. The smallest absolute Gasteiger partial charge is 0.340 e. The summed E-state index contributed by atoms with van der Waals surface area (Å²) < 4.78 is 11.8. The lowest BCUT2D eigenvalue weighted by atomic mass is 10.0. The van der Waals surface area contributed by atoms with Crippen molar-refractivity contribution in [1.82, 2.24) is 14.7 Å². The van der Waals surface area contributed by atoms with Crippen molar-refractivity contribution in [3.05, 3.63) is 50.9 Å². The number of ether oxygens (including phenoxy) is 1. The topological polar surface area (TPSA) is 110 Å². The van der Waals surface area contributed by atoms with Crippen LogP contribution in [0.5, 0.6) is 0 Å². The number of fused-ring (bicyclic) bond motifs is 1. The van der Waals surface area contributed by atoms with Gasteiger partial charge in [-0.25, -0.2) is 4.79 Å².